The SMILES string of the molecule is CCCOc1c(OC)cc(C2NN=C3CCN(CC)CC32)cc1OC. The lowest BCUT2D eigenvalue weighted by Crippen LogP contribution is -2.41. The van der Waals surface area contributed by atoms with Gasteiger partial charge < -0.3 is 24.5 Å². The molecule has 2 heterocycles. The first-order valence-corrected chi connectivity index (χ1v) is 9.14. The second kappa shape index (κ2) is 7.95. The fourth-order valence-electron chi connectivity index (χ4n) is 3.63. The second-order valence-corrected chi connectivity index (χ2v) is 6.56. The first kappa shape index (κ1) is 17.9. The Morgan fingerprint density at radius 2 is 1.92 bits per heavy atom. The molecule has 0 bridgehead atoms. The third kappa shape index (κ3) is 3.54. The molecule has 1 N–H and O–H groups in total. The Balaban J connectivity index is 1.89. The molecular weight excluding hydrogens is 318 g/mol. The molecule has 2 unspecified atom stereocenters. The van der Waals surface area contributed by atoms with E-state index in [-0.39, 0.29) is 6.04 Å². The van der Waals surface area contributed by atoms with Gasteiger partial charge in [-0.2, -0.15) is 5.10 Å². The number of hydrogen-bond donors (Lipinski definition) is 1. The zero-order valence-electron chi connectivity index (χ0n) is 15.7. The van der Waals surface area contributed by atoms with E-state index in [0.717, 1.165) is 38.0 Å². The summed E-state index contributed by atoms with van der Waals surface area (Å²) in [4.78, 5) is 2.48. The van der Waals surface area contributed by atoms with Gasteiger partial charge in [0.25, 0.3) is 0 Å². The molecule has 0 aromatic heterocycles. The van der Waals surface area contributed by atoms with Crippen LogP contribution in [0.15, 0.2) is 17.2 Å². The molecule has 1 aromatic rings. The Bertz CT molecular complexity index is 607. The number of likely N-dealkylation sites (tertiary alicyclic amines) is 1. The van der Waals surface area contributed by atoms with Crippen molar-refractivity contribution in [3.63, 3.8) is 0 Å². The quantitative estimate of drug-likeness (QED) is 0.822. The van der Waals surface area contributed by atoms with Gasteiger partial charge in [0, 0.05) is 31.1 Å². The lowest BCUT2D eigenvalue weighted by atomic mass is 9.86. The van der Waals surface area contributed by atoms with Crippen molar-refractivity contribution < 1.29 is 14.2 Å². The summed E-state index contributed by atoms with van der Waals surface area (Å²) in [6.45, 7) is 8.13. The maximum Gasteiger partial charge on any atom is 0.203 e. The molecule has 6 heteroatoms. The summed E-state index contributed by atoms with van der Waals surface area (Å²) in [5.41, 5.74) is 5.74. The van der Waals surface area contributed by atoms with Crippen LogP contribution < -0.4 is 19.6 Å². The highest BCUT2D eigenvalue weighted by Gasteiger charge is 2.37. The average molecular weight is 347 g/mol. The van der Waals surface area contributed by atoms with Gasteiger partial charge in [-0.05, 0) is 30.7 Å². The van der Waals surface area contributed by atoms with E-state index in [1.165, 1.54) is 5.71 Å². The fourth-order valence-corrected chi connectivity index (χ4v) is 3.63. The van der Waals surface area contributed by atoms with Crippen molar-refractivity contribution in [2.24, 2.45) is 11.0 Å². The summed E-state index contributed by atoms with van der Waals surface area (Å²) >= 11 is 0. The number of nitrogens with one attached hydrogen (secondary N) is 1. The number of benzene rings is 1. The Kier molecular flexibility index (Phi) is 5.68. The van der Waals surface area contributed by atoms with Gasteiger partial charge in [0.15, 0.2) is 11.5 Å². The van der Waals surface area contributed by atoms with Crippen molar-refractivity contribution in [2.75, 3.05) is 40.5 Å². The van der Waals surface area contributed by atoms with Crippen LogP contribution in [-0.4, -0.2) is 51.1 Å². The molecule has 0 aliphatic carbocycles. The first-order chi connectivity index (χ1) is 12.2. The van der Waals surface area contributed by atoms with Crippen LogP contribution >= 0.6 is 0 Å². The minimum Gasteiger partial charge on any atom is -0.493 e. The molecule has 0 spiro atoms. The van der Waals surface area contributed by atoms with Gasteiger partial charge in [-0.1, -0.05) is 13.8 Å². The number of hydrogen-bond acceptors (Lipinski definition) is 6. The van der Waals surface area contributed by atoms with Gasteiger partial charge in [0.05, 0.1) is 26.9 Å². The predicted octanol–water partition coefficient (Wildman–Crippen LogP) is 2.83. The summed E-state index contributed by atoms with van der Waals surface area (Å²) in [6.07, 6.45) is 1.97. The van der Waals surface area contributed by atoms with Crippen molar-refractivity contribution in [1.29, 1.82) is 0 Å². The first-order valence-electron chi connectivity index (χ1n) is 9.14. The highest BCUT2D eigenvalue weighted by molar-refractivity contribution is 5.90. The molecule has 0 amide bonds. The minimum absolute atomic E-state index is 0.146. The van der Waals surface area contributed by atoms with Crippen LogP contribution in [0.5, 0.6) is 17.2 Å². The van der Waals surface area contributed by atoms with Crippen molar-refractivity contribution in [3.8, 4) is 17.2 Å². The molecule has 1 aromatic carbocycles. The monoisotopic (exact) mass is 347 g/mol. The van der Waals surface area contributed by atoms with Crippen LogP contribution in [0.1, 0.15) is 38.3 Å². The molecule has 2 aliphatic heterocycles. The largest absolute Gasteiger partial charge is 0.493 e. The second-order valence-electron chi connectivity index (χ2n) is 6.56. The zero-order chi connectivity index (χ0) is 17.8. The van der Waals surface area contributed by atoms with E-state index in [0.29, 0.717) is 29.8 Å². The summed E-state index contributed by atoms with van der Waals surface area (Å²) in [5.74, 6) is 2.49. The number of ether oxygens (including phenoxy) is 3. The molecule has 0 saturated carbocycles. The van der Waals surface area contributed by atoms with Gasteiger partial charge in [0.1, 0.15) is 0 Å². The van der Waals surface area contributed by atoms with E-state index < -0.39 is 0 Å². The van der Waals surface area contributed by atoms with Crippen molar-refractivity contribution in [2.45, 2.75) is 32.7 Å². The topological polar surface area (TPSA) is 55.3 Å². The highest BCUT2D eigenvalue weighted by Crippen LogP contribution is 2.42. The Labute approximate surface area is 150 Å². The van der Waals surface area contributed by atoms with E-state index >= 15 is 0 Å². The van der Waals surface area contributed by atoms with E-state index in [1.54, 1.807) is 14.2 Å². The number of methoxy groups -OCH3 is 2. The summed E-state index contributed by atoms with van der Waals surface area (Å²) in [7, 11) is 3.33. The minimum atomic E-state index is 0.146. The smallest absolute Gasteiger partial charge is 0.203 e. The van der Waals surface area contributed by atoms with Crippen LogP contribution in [-0.2, 0) is 0 Å². The molecule has 1 saturated heterocycles. The predicted molar refractivity (Wildman–Crippen MR) is 98.9 cm³/mol. The molecule has 25 heavy (non-hydrogen) atoms. The number of piperidine rings is 1. The van der Waals surface area contributed by atoms with E-state index in [1.807, 2.05) is 0 Å². The number of nitrogens with zero attached hydrogens (tertiary/aromatic N) is 2. The van der Waals surface area contributed by atoms with Crippen molar-refractivity contribution in [1.82, 2.24) is 10.3 Å². The molecule has 3 rings (SSSR count). The third-order valence-electron chi connectivity index (χ3n) is 5.06. The summed E-state index contributed by atoms with van der Waals surface area (Å²) in [5, 5.41) is 4.59. The van der Waals surface area contributed by atoms with Crippen LogP contribution in [0.3, 0.4) is 0 Å². The lowest BCUT2D eigenvalue weighted by molar-refractivity contribution is 0.237. The van der Waals surface area contributed by atoms with Gasteiger partial charge in [-0.15, -0.1) is 0 Å². The Morgan fingerprint density at radius 3 is 2.52 bits per heavy atom. The van der Waals surface area contributed by atoms with Crippen LogP contribution in [0.4, 0.5) is 0 Å². The molecular formula is C19H29N3O3. The molecule has 6 nitrogen and oxygen atoms in total. The third-order valence-corrected chi connectivity index (χ3v) is 5.06. The van der Waals surface area contributed by atoms with E-state index in [4.69, 9.17) is 14.2 Å². The number of rotatable bonds is 7. The molecule has 2 aliphatic rings. The maximum absolute atomic E-state index is 5.85. The highest BCUT2D eigenvalue weighted by atomic mass is 16.5. The average Bonchev–Trinajstić information content (AvgIpc) is 3.08. The normalized spacial score (nSPS) is 22.8. The summed E-state index contributed by atoms with van der Waals surface area (Å²) in [6, 6.07) is 4.25. The zero-order valence-corrected chi connectivity index (χ0v) is 15.7. The Morgan fingerprint density at radius 1 is 1.20 bits per heavy atom. The Hall–Kier alpha value is -1.95. The number of fused-ring (bicyclic) bond motifs is 1. The van der Waals surface area contributed by atoms with Gasteiger partial charge >= 0.3 is 0 Å². The van der Waals surface area contributed by atoms with Gasteiger partial charge in [-0.3, -0.25) is 0 Å². The molecule has 1 fully saturated rings. The fraction of sp³-hybridized carbons (Fsp3) is 0.632. The lowest BCUT2D eigenvalue weighted by Gasteiger charge is -2.33. The molecule has 0 radical (unpaired) electrons. The summed E-state index contributed by atoms with van der Waals surface area (Å²) < 4.78 is 17.0. The number of hydrazone groups is 1. The van der Waals surface area contributed by atoms with Crippen molar-refractivity contribution in [3.05, 3.63) is 17.7 Å². The van der Waals surface area contributed by atoms with Crippen LogP contribution in [0.2, 0.25) is 0 Å². The molecule has 138 valence electrons. The maximum atomic E-state index is 5.85. The van der Waals surface area contributed by atoms with Gasteiger partial charge in [-0.25, -0.2) is 0 Å². The van der Waals surface area contributed by atoms with E-state index in [9.17, 15) is 0 Å². The standard InChI is InChI=1S/C19H29N3O3/c1-5-9-25-19-16(23-3)10-13(11-17(19)24-4)18-14-12-22(6-2)8-7-15(14)20-21-18/h10-11,14,18,21H,5-9,12H2,1-4H3. The molecule has 2 atom stereocenters. The van der Waals surface area contributed by atoms with Gasteiger partial charge in [0.2, 0.25) is 5.75 Å². The van der Waals surface area contributed by atoms with E-state index in [2.05, 4.69) is 41.4 Å². The van der Waals surface area contributed by atoms with Crippen LogP contribution in [0, 0.1) is 5.92 Å². The van der Waals surface area contributed by atoms with Crippen molar-refractivity contribution >= 4 is 5.71 Å². The van der Waals surface area contributed by atoms with Crippen LogP contribution in [0.25, 0.3) is 0 Å².